The summed E-state index contributed by atoms with van der Waals surface area (Å²) in [6.07, 6.45) is 0.636. The van der Waals surface area contributed by atoms with E-state index in [0.717, 1.165) is 5.56 Å². The van der Waals surface area contributed by atoms with Crippen molar-refractivity contribution in [3.8, 4) is 0 Å². The number of nitrogens with one attached hydrogen (secondary N) is 1. The molecule has 5 nitrogen and oxygen atoms in total. The summed E-state index contributed by atoms with van der Waals surface area (Å²) in [5.41, 5.74) is 1.06. The molecule has 102 valence electrons. The lowest BCUT2D eigenvalue weighted by Gasteiger charge is -2.12. The number of rotatable bonds is 6. The molecule has 1 amide bonds. The van der Waals surface area contributed by atoms with E-state index in [1.807, 2.05) is 30.3 Å². The van der Waals surface area contributed by atoms with Crippen LogP contribution in [0, 0.1) is 0 Å². The average Bonchev–Trinajstić information content (AvgIpc) is 2.37. The Balaban J connectivity index is 2.62. The molecule has 0 unspecified atom stereocenters. The Hall–Kier alpha value is -2.30. The van der Waals surface area contributed by atoms with Crippen molar-refractivity contribution < 1.29 is 19.4 Å². The van der Waals surface area contributed by atoms with Crippen molar-refractivity contribution >= 4 is 11.9 Å². The topological polar surface area (TPSA) is 75.6 Å². The summed E-state index contributed by atoms with van der Waals surface area (Å²) in [5, 5.41) is 11.3. The fourth-order valence-corrected chi connectivity index (χ4v) is 1.41. The number of benzene rings is 1. The van der Waals surface area contributed by atoms with Crippen LogP contribution in [0.1, 0.15) is 19.4 Å². The fraction of sp³-hybridized carbons (Fsp3) is 0.286. The molecule has 0 heterocycles. The summed E-state index contributed by atoms with van der Waals surface area (Å²) in [6.45, 7) is 2.98. The lowest BCUT2D eigenvalue weighted by molar-refractivity contribution is -0.132. The van der Waals surface area contributed by atoms with Crippen LogP contribution in [0.4, 0.5) is 0 Å². The second kappa shape index (κ2) is 7.20. The zero-order valence-electron chi connectivity index (χ0n) is 11.0. The van der Waals surface area contributed by atoms with Crippen LogP contribution in [0.25, 0.3) is 0 Å². The number of carbonyl (C=O) groups is 2. The highest BCUT2D eigenvalue weighted by Crippen LogP contribution is 2.06. The predicted molar refractivity (Wildman–Crippen MR) is 70.3 cm³/mol. The SMILES string of the molecule is CC(=O)NC(OCCc1ccccc1)=C(C)C(=O)O. The minimum atomic E-state index is -1.12. The van der Waals surface area contributed by atoms with Gasteiger partial charge >= 0.3 is 5.97 Å². The molecule has 1 rings (SSSR count). The van der Waals surface area contributed by atoms with E-state index in [9.17, 15) is 9.59 Å². The number of hydrogen-bond acceptors (Lipinski definition) is 3. The highest BCUT2D eigenvalue weighted by molar-refractivity contribution is 5.87. The number of carboxylic acid groups (broad SMARTS) is 1. The number of amides is 1. The standard InChI is InChI=1S/C14H17NO4/c1-10(14(17)18)13(15-11(2)16)19-9-8-12-6-4-3-5-7-12/h3-7H,8-9H2,1-2H3,(H,15,16)(H,17,18). The maximum absolute atomic E-state index is 11.0. The van der Waals surface area contributed by atoms with Crippen LogP contribution in [0.5, 0.6) is 0 Å². The van der Waals surface area contributed by atoms with Crippen molar-refractivity contribution in [2.45, 2.75) is 20.3 Å². The zero-order valence-corrected chi connectivity index (χ0v) is 11.0. The van der Waals surface area contributed by atoms with Gasteiger partial charge in [-0.25, -0.2) is 4.79 Å². The van der Waals surface area contributed by atoms with Crippen LogP contribution in [0.2, 0.25) is 0 Å². The van der Waals surface area contributed by atoms with Gasteiger partial charge in [0, 0.05) is 13.3 Å². The maximum Gasteiger partial charge on any atom is 0.336 e. The molecule has 1 aromatic carbocycles. The smallest absolute Gasteiger partial charge is 0.336 e. The minimum Gasteiger partial charge on any atom is -0.478 e. The second-order valence-electron chi connectivity index (χ2n) is 4.02. The van der Waals surface area contributed by atoms with E-state index in [1.165, 1.54) is 13.8 Å². The molecule has 0 spiro atoms. The summed E-state index contributed by atoms with van der Waals surface area (Å²) in [7, 11) is 0. The molecule has 0 aliphatic rings. The summed E-state index contributed by atoms with van der Waals surface area (Å²) >= 11 is 0. The van der Waals surface area contributed by atoms with Gasteiger partial charge in [0.2, 0.25) is 11.8 Å². The molecule has 0 aliphatic heterocycles. The first-order valence-corrected chi connectivity index (χ1v) is 5.89. The Morgan fingerprint density at radius 1 is 1.21 bits per heavy atom. The third kappa shape index (κ3) is 5.25. The minimum absolute atomic E-state index is 0.00377. The van der Waals surface area contributed by atoms with Gasteiger partial charge in [0.25, 0.3) is 0 Å². The molecule has 2 N–H and O–H groups in total. The molecular weight excluding hydrogens is 246 g/mol. The number of hydrogen-bond donors (Lipinski definition) is 2. The lowest BCUT2D eigenvalue weighted by atomic mass is 10.2. The van der Waals surface area contributed by atoms with E-state index >= 15 is 0 Å². The van der Waals surface area contributed by atoms with Gasteiger partial charge in [-0.2, -0.15) is 0 Å². The number of carboxylic acids is 1. The highest BCUT2D eigenvalue weighted by atomic mass is 16.5. The van der Waals surface area contributed by atoms with Crippen LogP contribution in [0.3, 0.4) is 0 Å². The molecule has 19 heavy (non-hydrogen) atoms. The van der Waals surface area contributed by atoms with E-state index in [2.05, 4.69) is 5.32 Å². The van der Waals surface area contributed by atoms with Gasteiger partial charge in [0.15, 0.2) is 0 Å². The van der Waals surface area contributed by atoms with Crippen LogP contribution in [-0.4, -0.2) is 23.6 Å². The molecule has 0 bridgehead atoms. The molecule has 0 aromatic heterocycles. The van der Waals surface area contributed by atoms with Gasteiger partial charge in [-0.15, -0.1) is 0 Å². The maximum atomic E-state index is 11.0. The Morgan fingerprint density at radius 3 is 2.37 bits per heavy atom. The van der Waals surface area contributed by atoms with E-state index in [4.69, 9.17) is 9.84 Å². The van der Waals surface area contributed by atoms with Gasteiger partial charge in [-0.3, -0.25) is 10.1 Å². The molecule has 0 fully saturated rings. The summed E-state index contributed by atoms with van der Waals surface area (Å²) < 4.78 is 5.35. The number of carbonyl (C=O) groups excluding carboxylic acids is 1. The number of aliphatic carboxylic acids is 1. The molecule has 1 aromatic rings. The third-order valence-corrected chi connectivity index (χ3v) is 2.43. The van der Waals surface area contributed by atoms with E-state index < -0.39 is 5.97 Å². The molecule has 0 radical (unpaired) electrons. The van der Waals surface area contributed by atoms with Gasteiger partial charge in [-0.05, 0) is 12.5 Å². The summed E-state index contributed by atoms with van der Waals surface area (Å²) in [5.74, 6) is -1.49. The van der Waals surface area contributed by atoms with Crippen LogP contribution in [0.15, 0.2) is 41.8 Å². The predicted octanol–water partition coefficient (Wildman–Crippen LogP) is 1.70. The van der Waals surface area contributed by atoms with Gasteiger partial charge < -0.3 is 9.84 Å². The highest BCUT2D eigenvalue weighted by Gasteiger charge is 2.12. The van der Waals surface area contributed by atoms with Gasteiger partial charge in [-0.1, -0.05) is 30.3 Å². The Morgan fingerprint density at radius 2 is 1.84 bits per heavy atom. The average molecular weight is 263 g/mol. The molecule has 0 aliphatic carbocycles. The molecule has 0 saturated heterocycles. The molecule has 0 saturated carbocycles. The Kier molecular flexibility index (Phi) is 5.60. The van der Waals surface area contributed by atoms with Crippen LogP contribution < -0.4 is 5.32 Å². The molecule has 0 atom stereocenters. The summed E-state index contributed by atoms with van der Waals surface area (Å²) in [6, 6.07) is 9.66. The van der Waals surface area contributed by atoms with Crippen molar-refractivity contribution in [1.29, 1.82) is 0 Å². The van der Waals surface area contributed by atoms with E-state index in [0.29, 0.717) is 13.0 Å². The van der Waals surface area contributed by atoms with Crippen molar-refractivity contribution in [3.63, 3.8) is 0 Å². The molecular formula is C14H17NO4. The van der Waals surface area contributed by atoms with Gasteiger partial charge in [0.1, 0.15) is 0 Å². The zero-order chi connectivity index (χ0) is 14.3. The first-order chi connectivity index (χ1) is 9.00. The third-order valence-electron chi connectivity index (χ3n) is 2.43. The molecule has 5 heteroatoms. The number of ether oxygens (including phenoxy) is 1. The lowest BCUT2D eigenvalue weighted by Crippen LogP contribution is -2.24. The van der Waals surface area contributed by atoms with E-state index in [1.54, 1.807) is 0 Å². The second-order valence-corrected chi connectivity index (χ2v) is 4.02. The quantitative estimate of drug-likeness (QED) is 0.605. The van der Waals surface area contributed by atoms with Crippen LogP contribution >= 0.6 is 0 Å². The van der Waals surface area contributed by atoms with E-state index in [-0.39, 0.29) is 17.4 Å². The van der Waals surface area contributed by atoms with Crippen molar-refractivity contribution in [2.75, 3.05) is 6.61 Å². The van der Waals surface area contributed by atoms with Crippen molar-refractivity contribution in [2.24, 2.45) is 0 Å². The normalized spacial score (nSPS) is 11.5. The first-order valence-electron chi connectivity index (χ1n) is 5.89. The summed E-state index contributed by atoms with van der Waals surface area (Å²) in [4.78, 5) is 21.9. The Labute approximate surface area is 111 Å². The largest absolute Gasteiger partial charge is 0.478 e. The van der Waals surface area contributed by atoms with Crippen molar-refractivity contribution in [1.82, 2.24) is 5.32 Å². The fourth-order valence-electron chi connectivity index (χ4n) is 1.41. The Bertz CT molecular complexity index is 479. The first kappa shape index (κ1) is 14.8. The van der Waals surface area contributed by atoms with Gasteiger partial charge in [0.05, 0.1) is 12.2 Å². The van der Waals surface area contributed by atoms with Crippen LogP contribution in [-0.2, 0) is 20.7 Å². The monoisotopic (exact) mass is 263 g/mol. The van der Waals surface area contributed by atoms with Crippen molar-refractivity contribution in [3.05, 3.63) is 47.4 Å².